The molecule has 1 fully saturated rings. The number of aromatic nitrogens is 3. The van der Waals surface area contributed by atoms with Crippen molar-refractivity contribution in [3.05, 3.63) is 12.2 Å². The molecule has 0 aromatic carbocycles. The maximum absolute atomic E-state index is 4.10. The second kappa shape index (κ2) is 6.60. The number of nitrogens with one attached hydrogen (secondary N) is 3. The van der Waals surface area contributed by atoms with Gasteiger partial charge in [-0.05, 0) is 51.4 Å². The third-order valence-electron chi connectivity index (χ3n) is 3.06. The summed E-state index contributed by atoms with van der Waals surface area (Å²) >= 11 is 0. The van der Waals surface area contributed by atoms with Gasteiger partial charge in [0.1, 0.15) is 12.2 Å². The second-order valence-electron chi connectivity index (χ2n) is 4.45. The lowest BCUT2D eigenvalue weighted by atomic mass is 10.00. The monoisotopic (exact) mass is 223 g/mol. The summed E-state index contributed by atoms with van der Waals surface area (Å²) in [5, 5.41) is 13.7. The van der Waals surface area contributed by atoms with Crippen molar-refractivity contribution in [2.24, 2.45) is 5.92 Å². The number of hydrogen-bond donors (Lipinski definition) is 3. The van der Waals surface area contributed by atoms with Crippen LogP contribution in [-0.2, 0) is 6.42 Å². The predicted octanol–water partition coefficient (Wildman–Crippen LogP) is 0.326. The Morgan fingerprint density at radius 2 is 2.50 bits per heavy atom. The Bertz CT molecular complexity index is 266. The third kappa shape index (κ3) is 3.90. The number of nitrogens with zero attached hydrogens (tertiary/aromatic N) is 2. The Morgan fingerprint density at radius 3 is 3.25 bits per heavy atom. The van der Waals surface area contributed by atoms with E-state index in [4.69, 9.17) is 0 Å². The summed E-state index contributed by atoms with van der Waals surface area (Å²) in [6.45, 7) is 4.58. The van der Waals surface area contributed by atoms with Gasteiger partial charge in [-0.15, -0.1) is 0 Å². The first-order valence-corrected chi connectivity index (χ1v) is 6.21. The van der Waals surface area contributed by atoms with E-state index in [2.05, 4.69) is 25.8 Å². The van der Waals surface area contributed by atoms with E-state index in [1.165, 1.54) is 25.9 Å². The van der Waals surface area contributed by atoms with Crippen LogP contribution in [0.25, 0.3) is 0 Å². The van der Waals surface area contributed by atoms with E-state index in [0.717, 1.165) is 37.7 Å². The van der Waals surface area contributed by atoms with Crippen molar-refractivity contribution in [3.63, 3.8) is 0 Å². The van der Waals surface area contributed by atoms with Gasteiger partial charge in [0.15, 0.2) is 0 Å². The Hall–Kier alpha value is -0.940. The topological polar surface area (TPSA) is 65.6 Å². The van der Waals surface area contributed by atoms with E-state index in [0.29, 0.717) is 0 Å². The zero-order valence-corrected chi connectivity index (χ0v) is 9.71. The highest BCUT2D eigenvalue weighted by molar-refractivity contribution is 4.79. The fourth-order valence-electron chi connectivity index (χ4n) is 2.14. The molecule has 5 nitrogen and oxygen atoms in total. The standard InChI is InChI=1S/C11H21N5/c1-3-10(7-12-5-1)8-13-6-2-4-11-14-9-15-16-11/h9-10,12-13H,1-8H2,(H,14,15,16). The van der Waals surface area contributed by atoms with Crippen LogP contribution in [0, 0.1) is 5.92 Å². The van der Waals surface area contributed by atoms with Gasteiger partial charge in [0.25, 0.3) is 0 Å². The minimum atomic E-state index is 0.819. The van der Waals surface area contributed by atoms with E-state index in [1.54, 1.807) is 6.33 Å². The van der Waals surface area contributed by atoms with Crippen LogP contribution in [0.2, 0.25) is 0 Å². The van der Waals surface area contributed by atoms with Crippen molar-refractivity contribution in [3.8, 4) is 0 Å². The van der Waals surface area contributed by atoms with E-state index < -0.39 is 0 Å². The molecule has 0 spiro atoms. The quantitative estimate of drug-likeness (QED) is 0.608. The first-order valence-electron chi connectivity index (χ1n) is 6.21. The first-order chi connectivity index (χ1) is 7.95. The molecule has 3 N–H and O–H groups in total. The van der Waals surface area contributed by atoms with Crippen LogP contribution in [0.1, 0.15) is 25.1 Å². The van der Waals surface area contributed by atoms with Gasteiger partial charge in [0.05, 0.1) is 0 Å². The van der Waals surface area contributed by atoms with E-state index in [9.17, 15) is 0 Å². The summed E-state index contributed by atoms with van der Waals surface area (Å²) < 4.78 is 0. The summed E-state index contributed by atoms with van der Waals surface area (Å²) in [6.07, 6.45) is 6.36. The van der Waals surface area contributed by atoms with Crippen LogP contribution >= 0.6 is 0 Å². The highest BCUT2D eigenvalue weighted by Crippen LogP contribution is 2.07. The summed E-state index contributed by atoms with van der Waals surface area (Å²) in [5.74, 6) is 1.81. The molecule has 0 saturated carbocycles. The molecule has 2 rings (SSSR count). The van der Waals surface area contributed by atoms with E-state index >= 15 is 0 Å². The molecule has 1 saturated heterocycles. The van der Waals surface area contributed by atoms with Crippen LogP contribution in [0.3, 0.4) is 0 Å². The first kappa shape index (κ1) is 11.5. The minimum absolute atomic E-state index is 0.819. The largest absolute Gasteiger partial charge is 0.316 e. The van der Waals surface area contributed by atoms with Crippen LogP contribution in [0.5, 0.6) is 0 Å². The SMILES string of the molecule is c1n[nH]c(CCCNCC2CCCNC2)n1. The zero-order chi connectivity index (χ0) is 11.1. The minimum Gasteiger partial charge on any atom is -0.316 e. The molecule has 0 radical (unpaired) electrons. The third-order valence-corrected chi connectivity index (χ3v) is 3.06. The van der Waals surface area contributed by atoms with Gasteiger partial charge < -0.3 is 10.6 Å². The Labute approximate surface area is 96.4 Å². The smallest absolute Gasteiger partial charge is 0.137 e. The molecular weight excluding hydrogens is 202 g/mol. The zero-order valence-electron chi connectivity index (χ0n) is 9.71. The summed E-state index contributed by atoms with van der Waals surface area (Å²) in [7, 11) is 0. The van der Waals surface area contributed by atoms with Crippen LogP contribution in [0.4, 0.5) is 0 Å². The lowest BCUT2D eigenvalue weighted by Crippen LogP contribution is -2.36. The molecule has 5 heteroatoms. The van der Waals surface area contributed by atoms with Gasteiger partial charge in [-0.3, -0.25) is 5.10 Å². The average Bonchev–Trinajstić information content (AvgIpc) is 2.83. The molecule has 1 aliphatic heterocycles. The molecular formula is C11H21N5. The maximum Gasteiger partial charge on any atom is 0.137 e. The van der Waals surface area contributed by atoms with E-state index in [-0.39, 0.29) is 0 Å². The molecule has 0 bridgehead atoms. The molecule has 1 aliphatic rings. The van der Waals surface area contributed by atoms with Gasteiger partial charge in [0.2, 0.25) is 0 Å². The van der Waals surface area contributed by atoms with Gasteiger partial charge in [0, 0.05) is 6.42 Å². The molecule has 1 atom stereocenters. The molecule has 1 aromatic rings. The fourth-order valence-corrected chi connectivity index (χ4v) is 2.14. The molecule has 16 heavy (non-hydrogen) atoms. The highest BCUT2D eigenvalue weighted by atomic mass is 15.2. The lowest BCUT2D eigenvalue weighted by molar-refractivity contribution is 0.360. The predicted molar refractivity (Wildman–Crippen MR) is 63.2 cm³/mol. The molecule has 0 amide bonds. The second-order valence-corrected chi connectivity index (χ2v) is 4.45. The summed E-state index contributed by atoms with van der Waals surface area (Å²) in [5.41, 5.74) is 0. The Morgan fingerprint density at radius 1 is 1.50 bits per heavy atom. The summed E-state index contributed by atoms with van der Waals surface area (Å²) in [4.78, 5) is 4.10. The van der Waals surface area contributed by atoms with Crippen LogP contribution in [-0.4, -0.2) is 41.4 Å². The number of hydrogen-bond acceptors (Lipinski definition) is 4. The number of piperidine rings is 1. The normalized spacial score (nSPS) is 21.1. The Kier molecular flexibility index (Phi) is 4.76. The molecule has 0 aliphatic carbocycles. The van der Waals surface area contributed by atoms with Crippen molar-refractivity contribution in [1.82, 2.24) is 25.8 Å². The molecule has 90 valence electrons. The van der Waals surface area contributed by atoms with Crippen molar-refractivity contribution >= 4 is 0 Å². The maximum atomic E-state index is 4.10. The number of H-pyrrole nitrogens is 1. The van der Waals surface area contributed by atoms with Gasteiger partial charge in [-0.25, -0.2) is 4.98 Å². The lowest BCUT2D eigenvalue weighted by Gasteiger charge is -2.22. The van der Waals surface area contributed by atoms with Crippen LogP contribution in [0.15, 0.2) is 6.33 Å². The van der Waals surface area contributed by atoms with Crippen molar-refractivity contribution < 1.29 is 0 Å². The van der Waals surface area contributed by atoms with Crippen LogP contribution < -0.4 is 10.6 Å². The number of aromatic amines is 1. The van der Waals surface area contributed by atoms with Gasteiger partial charge in [-0.2, -0.15) is 5.10 Å². The molecule has 1 aromatic heterocycles. The molecule has 2 heterocycles. The average molecular weight is 223 g/mol. The van der Waals surface area contributed by atoms with Crippen molar-refractivity contribution in [2.45, 2.75) is 25.7 Å². The highest BCUT2D eigenvalue weighted by Gasteiger charge is 2.11. The summed E-state index contributed by atoms with van der Waals surface area (Å²) in [6, 6.07) is 0. The Balaban J connectivity index is 1.48. The van der Waals surface area contributed by atoms with Crippen molar-refractivity contribution in [1.29, 1.82) is 0 Å². The number of rotatable bonds is 6. The number of aryl methyl sites for hydroxylation is 1. The van der Waals surface area contributed by atoms with Crippen molar-refractivity contribution in [2.75, 3.05) is 26.2 Å². The van der Waals surface area contributed by atoms with Gasteiger partial charge >= 0.3 is 0 Å². The van der Waals surface area contributed by atoms with Gasteiger partial charge in [-0.1, -0.05) is 0 Å². The molecule has 1 unspecified atom stereocenters. The van der Waals surface area contributed by atoms with E-state index in [1.807, 2.05) is 0 Å². The fraction of sp³-hybridized carbons (Fsp3) is 0.818.